The molecule has 2 aromatic rings. The molecule has 0 amide bonds. The van der Waals surface area contributed by atoms with Crippen LogP contribution in [0.4, 0.5) is 4.39 Å². The van der Waals surface area contributed by atoms with Crippen LogP contribution in [0.2, 0.25) is 0 Å². The minimum Gasteiger partial charge on any atom is -0.316 e. The van der Waals surface area contributed by atoms with Gasteiger partial charge >= 0.3 is 0 Å². The second kappa shape index (κ2) is 6.67. The van der Waals surface area contributed by atoms with Crippen LogP contribution in [0.5, 0.6) is 0 Å². The summed E-state index contributed by atoms with van der Waals surface area (Å²) in [5, 5.41) is 6.51. The highest BCUT2D eigenvalue weighted by Gasteiger charge is 2.19. The molecule has 0 bridgehead atoms. The smallest absolute Gasteiger partial charge is 0.126 e. The molecule has 0 aliphatic carbocycles. The predicted octanol–water partition coefficient (Wildman–Crippen LogP) is 3.95. The number of hydrogen-bond donors (Lipinski definition) is 1. The van der Waals surface area contributed by atoms with Gasteiger partial charge in [-0.2, -0.15) is 0 Å². The van der Waals surface area contributed by atoms with E-state index in [1.807, 2.05) is 19.2 Å². The first-order valence-corrected chi connectivity index (χ1v) is 8.13. The molecule has 0 saturated heterocycles. The summed E-state index contributed by atoms with van der Waals surface area (Å²) in [4.78, 5) is 4.72. The fourth-order valence-corrected chi connectivity index (χ4v) is 3.27. The first-order valence-electron chi connectivity index (χ1n) is 7.25. The Hall–Kier alpha value is -1.26. The van der Waals surface area contributed by atoms with E-state index in [1.54, 1.807) is 17.4 Å². The normalized spacial score (nSPS) is 13.4. The highest BCUT2D eigenvalue weighted by atomic mass is 32.1. The Balaban J connectivity index is 2.06. The summed E-state index contributed by atoms with van der Waals surface area (Å²) >= 11 is 1.69. The molecule has 1 atom stereocenters. The first kappa shape index (κ1) is 16.1. The van der Waals surface area contributed by atoms with Crippen molar-refractivity contribution in [2.45, 2.75) is 45.1 Å². The molecular formula is C17H23FN2S. The van der Waals surface area contributed by atoms with E-state index in [0.29, 0.717) is 6.42 Å². The van der Waals surface area contributed by atoms with E-state index in [2.05, 4.69) is 31.5 Å². The van der Waals surface area contributed by atoms with Gasteiger partial charge in [0, 0.05) is 23.3 Å². The number of rotatable bonds is 5. The molecule has 21 heavy (non-hydrogen) atoms. The summed E-state index contributed by atoms with van der Waals surface area (Å²) in [5.41, 5.74) is 1.96. The Kier molecular flexibility index (Phi) is 5.12. The zero-order valence-electron chi connectivity index (χ0n) is 13.1. The Morgan fingerprint density at radius 1 is 1.24 bits per heavy atom. The largest absolute Gasteiger partial charge is 0.316 e. The van der Waals surface area contributed by atoms with Crippen molar-refractivity contribution in [2.75, 3.05) is 7.05 Å². The summed E-state index contributed by atoms with van der Waals surface area (Å²) in [7, 11) is 1.92. The van der Waals surface area contributed by atoms with Gasteiger partial charge in [-0.1, -0.05) is 39.0 Å². The van der Waals surface area contributed by atoms with E-state index in [4.69, 9.17) is 4.98 Å². The maximum atomic E-state index is 13.7. The van der Waals surface area contributed by atoms with Gasteiger partial charge in [0.25, 0.3) is 0 Å². The van der Waals surface area contributed by atoms with E-state index >= 15 is 0 Å². The van der Waals surface area contributed by atoms with Crippen LogP contribution in [-0.4, -0.2) is 18.1 Å². The first-order chi connectivity index (χ1) is 9.90. The molecule has 4 heteroatoms. The van der Waals surface area contributed by atoms with Gasteiger partial charge in [-0.05, 0) is 25.1 Å². The third-order valence-corrected chi connectivity index (χ3v) is 4.44. The van der Waals surface area contributed by atoms with Crippen molar-refractivity contribution in [1.82, 2.24) is 10.3 Å². The lowest BCUT2D eigenvalue weighted by molar-refractivity contribution is 0.526. The molecule has 0 fully saturated rings. The highest BCUT2D eigenvalue weighted by Crippen LogP contribution is 2.24. The molecule has 0 aliphatic heterocycles. The Morgan fingerprint density at radius 3 is 2.52 bits per heavy atom. The molecule has 0 aliphatic rings. The Labute approximate surface area is 130 Å². The quantitative estimate of drug-likeness (QED) is 0.904. The van der Waals surface area contributed by atoms with Gasteiger partial charge in [0.2, 0.25) is 0 Å². The number of benzene rings is 1. The molecule has 0 saturated carbocycles. The monoisotopic (exact) mass is 306 g/mol. The van der Waals surface area contributed by atoms with Crippen LogP contribution in [0.25, 0.3) is 0 Å². The van der Waals surface area contributed by atoms with Crippen LogP contribution in [0.1, 0.15) is 37.0 Å². The summed E-state index contributed by atoms with van der Waals surface area (Å²) in [5.74, 6) is -0.132. The molecule has 1 N–H and O–H groups in total. The molecule has 1 aromatic carbocycles. The molecule has 1 heterocycles. The molecule has 2 rings (SSSR count). The van der Waals surface area contributed by atoms with Crippen molar-refractivity contribution in [3.63, 3.8) is 0 Å². The summed E-state index contributed by atoms with van der Waals surface area (Å²) in [6.45, 7) is 6.50. The average Bonchev–Trinajstić information content (AvgIpc) is 2.89. The number of nitrogens with zero attached hydrogens (tertiary/aromatic N) is 1. The van der Waals surface area contributed by atoms with Gasteiger partial charge in [-0.15, -0.1) is 11.3 Å². The third-order valence-electron chi connectivity index (χ3n) is 3.57. The minimum atomic E-state index is -0.132. The molecule has 114 valence electrons. The van der Waals surface area contributed by atoms with Crippen LogP contribution in [0.3, 0.4) is 0 Å². The second-order valence-electron chi connectivity index (χ2n) is 6.36. The van der Waals surface area contributed by atoms with Gasteiger partial charge in [-0.25, -0.2) is 9.37 Å². The molecule has 1 unspecified atom stereocenters. The van der Waals surface area contributed by atoms with Crippen LogP contribution >= 0.6 is 11.3 Å². The van der Waals surface area contributed by atoms with Crippen LogP contribution < -0.4 is 5.32 Å². The number of halogens is 1. The Bertz CT molecular complexity index is 586. The maximum absolute atomic E-state index is 13.7. The lowest BCUT2D eigenvalue weighted by atomic mass is 9.93. The highest BCUT2D eigenvalue weighted by molar-refractivity contribution is 7.09. The number of aromatic nitrogens is 1. The van der Waals surface area contributed by atoms with Crippen molar-refractivity contribution in [3.8, 4) is 0 Å². The number of thiazole rings is 1. The van der Waals surface area contributed by atoms with Gasteiger partial charge in [-0.3, -0.25) is 0 Å². The standard InChI is InChI=1S/C17H23FN2S/c1-17(2,3)15-11-21-16(20-15)10-13(19-4)9-12-7-5-6-8-14(12)18/h5-8,11,13,19H,9-10H2,1-4H3. The van der Waals surface area contributed by atoms with Crippen molar-refractivity contribution in [1.29, 1.82) is 0 Å². The second-order valence-corrected chi connectivity index (χ2v) is 7.30. The maximum Gasteiger partial charge on any atom is 0.126 e. The van der Waals surface area contributed by atoms with E-state index in [9.17, 15) is 4.39 Å². The lowest BCUT2D eigenvalue weighted by Crippen LogP contribution is -2.30. The van der Waals surface area contributed by atoms with Gasteiger partial charge in [0.05, 0.1) is 10.7 Å². The summed E-state index contributed by atoms with van der Waals surface area (Å²) in [6.07, 6.45) is 1.50. The van der Waals surface area contributed by atoms with Crippen molar-refractivity contribution >= 4 is 11.3 Å². The topological polar surface area (TPSA) is 24.9 Å². The molecule has 0 spiro atoms. The van der Waals surface area contributed by atoms with Gasteiger partial charge in [0.1, 0.15) is 5.82 Å². The number of likely N-dealkylation sites (N-methyl/N-ethyl adjacent to an activating group) is 1. The number of nitrogens with one attached hydrogen (secondary N) is 1. The Morgan fingerprint density at radius 2 is 1.95 bits per heavy atom. The van der Waals surface area contributed by atoms with Crippen LogP contribution in [0, 0.1) is 5.82 Å². The average molecular weight is 306 g/mol. The SMILES string of the molecule is CNC(Cc1nc(C(C)(C)C)cs1)Cc1ccccc1F. The van der Waals surface area contributed by atoms with Gasteiger partial charge in [0.15, 0.2) is 0 Å². The fraction of sp³-hybridized carbons (Fsp3) is 0.471. The molecular weight excluding hydrogens is 283 g/mol. The summed E-state index contributed by atoms with van der Waals surface area (Å²) in [6, 6.07) is 7.17. The third kappa shape index (κ3) is 4.35. The zero-order chi connectivity index (χ0) is 15.5. The van der Waals surface area contributed by atoms with Gasteiger partial charge < -0.3 is 5.32 Å². The minimum absolute atomic E-state index is 0.0788. The molecule has 1 aromatic heterocycles. The van der Waals surface area contributed by atoms with Crippen molar-refractivity contribution in [3.05, 3.63) is 51.7 Å². The number of hydrogen-bond acceptors (Lipinski definition) is 3. The van der Waals surface area contributed by atoms with E-state index in [1.165, 1.54) is 6.07 Å². The van der Waals surface area contributed by atoms with Crippen molar-refractivity contribution in [2.24, 2.45) is 0 Å². The van der Waals surface area contributed by atoms with E-state index < -0.39 is 0 Å². The predicted molar refractivity (Wildman–Crippen MR) is 87.5 cm³/mol. The fourth-order valence-electron chi connectivity index (χ4n) is 2.17. The van der Waals surface area contributed by atoms with Crippen LogP contribution in [0.15, 0.2) is 29.6 Å². The van der Waals surface area contributed by atoms with E-state index in [0.717, 1.165) is 22.7 Å². The van der Waals surface area contributed by atoms with Crippen LogP contribution in [-0.2, 0) is 18.3 Å². The molecule has 2 nitrogen and oxygen atoms in total. The van der Waals surface area contributed by atoms with Crippen molar-refractivity contribution < 1.29 is 4.39 Å². The zero-order valence-corrected chi connectivity index (χ0v) is 13.9. The summed E-state index contributed by atoms with van der Waals surface area (Å²) < 4.78 is 13.7. The lowest BCUT2D eigenvalue weighted by Gasteiger charge is -2.16. The molecule has 0 radical (unpaired) electrons. The van der Waals surface area contributed by atoms with E-state index in [-0.39, 0.29) is 17.3 Å².